The van der Waals surface area contributed by atoms with Crippen LogP contribution in [0, 0.1) is 0 Å². The summed E-state index contributed by atoms with van der Waals surface area (Å²) >= 11 is 0. The van der Waals surface area contributed by atoms with Gasteiger partial charge < -0.3 is 18.4 Å². The van der Waals surface area contributed by atoms with E-state index in [1.54, 1.807) is 12.1 Å². The Morgan fingerprint density at radius 2 is 1.68 bits per heavy atom. The third-order valence-electron chi connectivity index (χ3n) is 3.26. The Bertz CT molecular complexity index is 447. The summed E-state index contributed by atoms with van der Waals surface area (Å²) in [7, 11) is -2.60. The Morgan fingerprint density at radius 3 is 2.18 bits per heavy atom. The fraction of sp³-hybridized carbons (Fsp3) is 0.562. The van der Waals surface area contributed by atoms with Crippen molar-refractivity contribution in [2.24, 2.45) is 0 Å². The second-order valence-corrected chi connectivity index (χ2v) is 7.58. The van der Waals surface area contributed by atoms with Crippen molar-refractivity contribution < 1.29 is 23.2 Å². The van der Waals surface area contributed by atoms with E-state index in [1.807, 2.05) is 26.8 Å². The number of phenolic OH excluding ortho intramolecular Hbond substituents is 1. The van der Waals surface area contributed by atoms with Gasteiger partial charge in [0.05, 0.1) is 5.56 Å². The predicted molar refractivity (Wildman–Crippen MR) is 87.3 cm³/mol. The van der Waals surface area contributed by atoms with Gasteiger partial charge in [-0.05, 0) is 51.3 Å². The molecule has 0 heterocycles. The van der Waals surface area contributed by atoms with Gasteiger partial charge in [0.25, 0.3) is 0 Å². The average molecular weight is 326 g/mol. The fourth-order valence-corrected chi connectivity index (χ4v) is 4.98. The quantitative estimate of drug-likeness (QED) is 0.500. The summed E-state index contributed by atoms with van der Waals surface area (Å²) in [5.41, 5.74) is 1.33. The minimum Gasteiger partial charge on any atom is -0.507 e. The molecule has 0 fully saturated rings. The van der Waals surface area contributed by atoms with Crippen molar-refractivity contribution in [3.8, 4) is 5.75 Å². The van der Waals surface area contributed by atoms with Crippen molar-refractivity contribution in [3.05, 3.63) is 29.3 Å². The maximum absolute atomic E-state index is 10.9. The lowest BCUT2D eigenvalue weighted by Crippen LogP contribution is -2.46. The molecule has 1 aromatic carbocycles. The van der Waals surface area contributed by atoms with E-state index in [9.17, 15) is 9.90 Å². The number of rotatable bonds is 11. The maximum atomic E-state index is 10.9. The van der Waals surface area contributed by atoms with E-state index in [2.05, 4.69) is 0 Å². The van der Waals surface area contributed by atoms with E-state index in [0.717, 1.165) is 24.4 Å². The summed E-state index contributed by atoms with van der Waals surface area (Å²) in [5.74, 6) is 0.0143. The van der Waals surface area contributed by atoms with Crippen LogP contribution in [0.2, 0.25) is 6.04 Å². The minimum atomic E-state index is -2.60. The molecule has 0 aliphatic carbocycles. The molecule has 0 amide bonds. The van der Waals surface area contributed by atoms with E-state index in [0.29, 0.717) is 31.7 Å². The van der Waals surface area contributed by atoms with Crippen molar-refractivity contribution in [2.45, 2.75) is 39.7 Å². The van der Waals surface area contributed by atoms with Gasteiger partial charge in [-0.1, -0.05) is 6.07 Å². The van der Waals surface area contributed by atoms with Crippen molar-refractivity contribution in [1.29, 1.82) is 0 Å². The zero-order valence-electron chi connectivity index (χ0n) is 13.6. The molecule has 0 aliphatic heterocycles. The lowest BCUT2D eigenvalue weighted by Gasteiger charge is -2.28. The number of aldehydes is 1. The van der Waals surface area contributed by atoms with Crippen LogP contribution in [0.5, 0.6) is 5.75 Å². The van der Waals surface area contributed by atoms with Crippen LogP contribution in [-0.2, 0) is 19.7 Å². The van der Waals surface area contributed by atoms with Crippen molar-refractivity contribution in [2.75, 3.05) is 19.8 Å². The molecule has 0 aromatic heterocycles. The van der Waals surface area contributed by atoms with Crippen molar-refractivity contribution in [1.82, 2.24) is 0 Å². The number of hydrogen-bond acceptors (Lipinski definition) is 5. The summed E-state index contributed by atoms with van der Waals surface area (Å²) in [6, 6.07) is 5.83. The number of aromatic hydroxyl groups is 1. The largest absolute Gasteiger partial charge is 0.507 e. The Kier molecular flexibility index (Phi) is 8.33. The molecule has 5 nitrogen and oxygen atoms in total. The molecule has 1 rings (SSSR count). The molecule has 1 aromatic rings. The summed E-state index contributed by atoms with van der Waals surface area (Å²) in [4.78, 5) is 10.9. The molecule has 0 spiro atoms. The highest BCUT2D eigenvalue weighted by molar-refractivity contribution is 6.60. The first kappa shape index (κ1) is 18.8. The Balaban J connectivity index is 2.66. The van der Waals surface area contributed by atoms with Gasteiger partial charge in [-0.25, -0.2) is 0 Å². The zero-order chi connectivity index (χ0) is 16.4. The molecule has 0 unspecified atom stereocenters. The fourth-order valence-electron chi connectivity index (χ4n) is 2.36. The maximum Gasteiger partial charge on any atom is 0.500 e. The Hall–Kier alpha value is -1.21. The molecule has 0 bridgehead atoms. The second kappa shape index (κ2) is 9.73. The van der Waals surface area contributed by atoms with Crippen LogP contribution in [-0.4, -0.2) is 40.0 Å². The molecule has 124 valence electrons. The van der Waals surface area contributed by atoms with Crippen LogP contribution in [0.3, 0.4) is 0 Å². The molecule has 0 saturated heterocycles. The van der Waals surface area contributed by atoms with Gasteiger partial charge in [0.15, 0.2) is 6.29 Å². The van der Waals surface area contributed by atoms with Gasteiger partial charge in [-0.3, -0.25) is 4.79 Å². The van der Waals surface area contributed by atoms with E-state index in [-0.39, 0.29) is 5.75 Å². The van der Waals surface area contributed by atoms with Crippen LogP contribution in [0.15, 0.2) is 18.2 Å². The zero-order valence-corrected chi connectivity index (χ0v) is 14.6. The predicted octanol–water partition coefficient (Wildman–Crippen LogP) is 3.19. The molecule has 0 aliphatic rings. The highest BCUT2D eigenvalue weighted by Gasteiger charge is 2.39. The highest BCUT2D eigenvalue weighted by atomic mass is 28.4. The summed E-state index contributed by atoms with van der Waals surface area (Å²) in [6.45, 7) is 7.53. The van der Waals surface area contributed by atoms with E-state index in [4.69, 9.17) is 13.3 Å². The normalized spacial score (nSPS) is 11.6. The van der Waals surface area contributed by atoms with E-state index < -0.39 is 8.80 Å². The standard InChI is InChI=1S/C16H26O5Si/c1-4-19-22(20-5-2,21-6-3)11-7-8-14-9-10-16(18)15(12-14)13-17/h9-10,12-13,18H,4-8,11H2,1-3H3. The summed E-state index contributed by atoms with van der Waals surface area (Å²) in [6.07, 6.45) is 2.29. The number of hydrogen-bond donors (Lipinski definition) is 1. The second-order valence-electron chi connectivity index (χ2n) is 4.85. The lowest BCUT2D eigenvalue weighted by molar-refractivity contribution is 0.0708. The van der Waals surface area contributed by atoms with Gasteiger partial charge in [0.1, 0.15) is 5.75 Å². The molecule has 1 N–H and O–H groups in total. The molecular formula is C16H26O5Si. The van der Waals surface area contributed by atoms with Gasteiger partial charge >= 0.3 is 8.80 Å². The topological polar surface area (TPSA) is 65.0 Å². The molecule has 6 heteroatoms. The first-order chi connectivity index (χ1) is 10.6. The minimum absolute atomic E-state index is 0.0143. The summed E-state index contributed by atoms with van der Waals surface area (Å²) < 4.78 is 17.4. The Labute approximate surface area is 133 Å². The smallest absolute Gasteiger partial charge is 0.500 e. The third kappa shape index (κ3) is 5.53. The highest BCUT2D eigenvalue weighted by Crippen LogP contribution is 2.22. The van der Waals surface area contributed by atoms with Gasteiger partial charge in [0, 0.05) is 25.9 Å². The Morgan fingerprint density at radius 1 is 1.09 bits per heavy atom. The van der Waals surface area contributed by atoms with Crippen LogP contribution < -0.4 is 0 Å². The monoisotopic (exact) mass is 326 g/mol. The third-order valence-corrected chi connectivity index (χ3v) is 6.41. The first-order valence-electron chi connectivity index (χ1n) is 7.79. The number of benzene rings is 1. The van der Waals surface area contributed by atoms with Gasteiger partial charge in [-0.2, -0.15) is 0 Å². The van der Waals surface area contributed by atoms with E-state index in [1.165, 1.54) is 0 Å². The first-order valence-corrected chi connectivity index (χ1v) is 9.72. The van der Waals surface area contributed by atoms with Gasteiger partial charge in [0.2, 0.25) is 0 Å². The molecule has 0 atom stereocenters. The average Bonchev–Trinajstić information content (AvgIpc) is 2.50. The molecular weight excluding hydrogens is 300 g/mol. The lowest BCUT2D eigenvalue weighted by atomic mass is 10.1. The van der Waals surface area contributed by atoms with E-state index >= 15 is 0 Å². The van der Waals surface area contributed by atoms with Crippen LogP contribution >= 0.6 is 0 Å². The van der Waals surface area contributed by atoms with Gasteiger partial charge in [-0.15, -0.1) is 0 Å². The van der Waals surface area contributed by atoms with Crippen LogP contribution in [0.1, 0.15) is 43.1 Å². The SMILES string of the molecule is CCO[Si](CCCc1ccc(O)c(C=O)c1)(OCC)OCC. The molecule has 22 heavy (non-hydrogen) atoms. The van der Waals surface area contributed by atoms with Crippen LogP contribution in [0.4, 0.5) is 0 Å². The number of aryl methyl sites for hydroxylation is 1. The number of phenols is 1. The number of carbonyl (C=O) groups is 1. The summed E-state index contributed by atoms with van der Waals surface area (Å²) in [5, 5.41) is 9.52. The number of carbonyl (C=O) groups excluding carboxylic acids is 1. The van der Waals surface area contributed by atoms with Crippen molar-refractivity contribution in [3.63, 3.8) is 0 Å². The molecule has 0 saturated carbocycles. The van der Waals surface area contributed by atoms with Crippen molar-refractivity contribution >= 4 is 15.1 Å². The van der Waals surface area contributed by atoms with Crippen LogP contribution in [0.25, 0.3) is 0 Å². The molecule has 0 radical (unpaired) electrons.